The Hall–Kier alpha value is -1.99. The number of hydrogen-bond donors (Lipinski definition) is 3. The van der Waals surface area contributed by atoms with Gasteiger partial charge in [0.2, 0.25) is 0 Å². The molecule has 3 N–H and O–H groups in total. The predicted molar refractivity (Wildman–Crippen MR) is 58.8 cm³/mol. The van der Waals surface area contributed by atoms with Gasteiger partial charge in [-0.15, -0.1) is 0 Å². The number of aliphatic hydroxyl groups excluding tert-OH is 2. The maximum Gasteiger partial charge on any atom is 0.337 e. The molecule has 0 amide bonds. The molecule has 0 aliphatic carbocycles. The lowest BCUT2D eigenvalue weighted by atomic mass is 10.0. The van der Waals surface area contributed by atoms with Crippen LogP contribution in [-0.2, 0) is 9.53 Å². The van der Waals surface area contributed by atoms with E-state index in [1.807, 2.05) is 0 Å². The van der Waals surface area contributed by atoms with Gasteiger partial charge in [0.1, 0.15) is 6.10 Å². The van der Waals surface area contributed by atoms with E-state index in [9.17, 15) is 19.8 Å². The Morgan fingerprint density at radius 2 is 2.11 bits per heavy atom. The summed E-state index contributed by atoms with van der Waals surface area (Å²) in [5.74, 6) is -1.99. The number of esters is 1. The fraction of sp³-hybridized carbons (Fsp3) is 0.364. The van der Waals surface area contributed by atoms with Gasteiger partial charge in [-0.1, -0.05) is 0 Å². The van der Waals surface area contributed by atoms with Gasteiger partial charge >= 0.3 is 11.9 Å². The number of hydrogen-bond acceptors (Lipinski definition) is 6. The monoisotopic (exact) mass is 255 g/mol. The van der Waals surface area contributed by atoms with Crippen molar-refractivity contribution in [3.8, 4) is 0 Å². The first kappa shape index (κ1) is 14.1. The molecule has 1 aromatic rings. The number of carbonyl (C=O) groups is 2. The summed E-state index contributed by atoms with van der Waals surface area (Å²) in [5, 5.41) is 28.3. The molecule has 1 aromatic heterocycles. The molecule has 7 heteroatoms. The highest BCUT2D eigenvalue weighted by molar-refractivity contribution is 5.88. The van der Waals surface area contributed by atoms with E-state index in [2.05, 4.69) is 9.72 Å². The first-order valence-corrected chi connectivity index (χ1v) is 5.08. The van der Waals surface area contributed by atoms with E-state index in [1.165, 1.54) is 18.3 Å². The van der Waals surface area contributed by atoms with E-state index in [4.69, 9.17) is 5.11 Å². The zero-order chi connectivity index (χ0) is 13.7. The van der Waals surface area contributed by atoms with Crippen molar-refractivity contribution in [2.24, 2.45) is 0 Å². The number of aromatic carboxylic acids is 1. The van der Waals surface area contributed by atoms with E-state index in [1.54, 1.807) is 0 Å². The van der Waals surface area contributed by atoms with E-state index < -0.39 is 30.6 Å². The van der Waals surface area contributed by atoms with Crippen LogP contribution in [-0.4, -0.2) is 45.5 Å². The largest absolute Gasteiger partial charge is 0.478 e. The van der Waals surface area contributed by atoms with Crippen LogP contribution in [0.25, 0.3) is 0 Å². The Balaban J connectivity index is 2.92. The molecule has 1 heterocycles. The van der Waals surface area contributed by atoms with Gasteiger partial charge in [-0.05, 0) is 12.1 Å². The third-order valence-electron chi connectivity index (χ3n) is 2.32. The van der Waals surface area contributed by atoms with Crippen molar-refractivity contribution in [1.29, 1.82) is 0 Å². The van der Waals surface area contributed by atoms with E-state index >= 15 is 0 Å². The summed E-state index contributed by atoms with van der Waals surface area (Å²) in [6, 6.07) is 2.64. The van der Waals surface area contributed by atoms with Crippen LogP contribution in [0, 0.1) is 0 Å². The molecule has 2 atom stereocenters. The zero-order valence-electron chi connectivity index (χ0n) is 9.61. The van der Waals surface area contributed by atoms with Crippen LogP contribution < -0.4 is 0 Å². The standard InChI is InChI=1S/C11H13NO6/c1-18-8(14)5-7(13)10(15)9-6(11(16)17)3-2-4-12-9/h2-4,7,10,13,15H,5H2,1H3,(H,16,17). The molecule has 0 aliphatic rings. The molecular weight excluding hydrogens is 242 g/mol. The fourth-order valence-electron chi connectivity index (χ4n) is 1.38. The number of nitrogens with zero attached hydrogens (tertiary/aromatic N) is 1. The summed E-state index contributed by atoms with van der Waals surface area (Å²) in [5.41, 5.74) is -0.421. The highest BCUT2D eigenvalue weighted by Crippen LogP contribution is 2.20. The number of carbonyl (C=O) groups excluding carboxylic acids is 1. The first-order chi connectivity index (χ1) is 8.47. The SMILES string of the molecule is COC(=O)CC(O)C(O)c1ncccc1C(=O)O. The fourth-order valence-corrected chi connectivity index (χ4v) is 1.38. The van der Waals surface area contributed by atoms with Gasteiger partial charge in [-0.2, -0.15) is 0 Å². The Labute approximate surface area is 103 Å². The number of aliphatic hydroxyl groups is 2. The molecule has 7 nitrogen and oxygen atoms in total. The van der Waals surface area contributed by atoms with Crippen molar-refractivity contribution in [3.05, 3.63) is 29.6 Å². The Kier molecular flexibility index (Phi) is 4.75. The van der Waals surface area contributed by atoms with Crippen LogP contribution in [0.1, 0.15) is 28.6 Å². The molecule has 98 valence electrons. The molecule has 0 saturated carbocycles. The summed E-state index contributed by atoms with van der Waals surface area (Å²) < 4.78 is 4.34. The molecule has 0 fully saturated rings. The summed E-state index contributed by atoms with van der Waals surface area (Å²) in [6.07, 6.45) is -2.22. The van der Waals surface area contributed by atoms with Crippen molar-refractivity contribution in [3.63, 3.8) is 0 Å². The number of ether oxygens (including phenoxy) is 1. The third kappa shape index (κ3) is 3.25. The second kappa shape index (κ2) is 6.08. The highest BCUT2D eigenvalue weighted by atomic mass is 16.5. The highest BCUT2D eigenvalue weighted by Gasteiger charge is 2.26. The Morgan fingerprint density at radius 1 is 1.44 bits per heavy atom. The zero-order valence-corrected chi connectivity index (χ0v) is 9.61. The second-order valence-corrected chi connectivity index (χ2v) is 3.53. The van der Waals surface area contributed by atoms with Crippen LogP contribution >= 0.6 is 0 Å². The molecule has 1 rings (SSSR count). The molecule has 0 radical (unpaired) electrons. The minimum absolute atomic E-state index is 0.193. The van der Waals surface area contributed by atoms with Crippen LogP contribution in [0.15, 0.2) is 18.3 Å². The lowest BCUT2D eigenvalue weighted by molar-refractivity contribution is -0.144. The van der Waals surface area contributed by atoms with E-state index in [0.29, 0.717) is 0 Å². The van der Waals surface area contributed by atoms with Crippen molar-refractivity contribution in [2.75, 3.05) is 7.11 Å². The molecule has 18 heavy (non-hydrogen) atoms. The third-order valence-corrected chi connectivity index (χ3v) is 2.32. The van der Waals surface area contributed by atoms with Gasteiger partial charge in [-0.25, -0.2) is 4.79 Å². The summed E-state index contributed by atoms with van der Waals surface area (Å²) >= 11 is 0. The molecule has 0 saturated heterocycles. The Bertz CT molecular complexity index is 447. The van der Waals surface area contributed by atoms with Gasteiger partial charge in [0, 0.05) is 6.20 Å². The summed E-state index contributed by atoms with van der Waals surface area (Å²) in [6.45, 7) is 0. The summed E-state index contributed by atoms with van der Waals surface area (Å²) in [4.78, 5) is 25.6. The number of aromatic nitrogens is 1. The van der Waals surface area contributed by atoms with Gasteiger partial charge < -0.3 is 20.1 Å². The van der Waals surface area contributed by atoms with Gasteiger partial charge in [-0.3, -0.25) is 9.78 Å². The topological polar surface area (TPSA) is 117 Å². The molecular formula is C11H13NO6. The number of rotatable bonds is 5. The average Bonchev–Trinajstić information content (AvgIpc) is 2.37. The van der Waals surface area contributed by atoms with Crippen molar-refractivity contribution >= 4 is 11.9 Å². The number of pyridine rings is 1. The summed E-state index contributed by atoms with van der Waals surface area (Å²) in [7, 11) is 1.14. The average molecular weight is 255 g/mol. The lowest BCUT2D eigenvalue weighted by Crippen LogP contribution is -2.25. The van der Waals surface area contributed by atoms with Crippen molar-refractivity contribution in [2.45, 2.75) is 18.6 Å². The number of carboxylic acid groups (broad SMARTS) is 1. The quantitative estimate of drug-likeness (QED) is 0.620. The smallest absolute Gasteiger partial charge is 0.337 e. The van der Waals surface area contributed by atoms with Crippen LogP contribution in [0.4, 0.5) is 0 Å². The second-order valence-electron chi connectivity index (χ2n) is 3.53. The van der Waals surface area contributed by atoms with Crippen molar-refractivity contribution < 1.29 is 29.6 Å². The first-order valence-electron chi connectivity index (χ1n) is 5.08. The van der Waals surface area contributed by atoms with Gasteiger partial charge in [0.15, 0.2) is 0 Å². The molecule has 0 spiro atoms. The normalized spacial score (nSPS) is 13.7. The lowest BCUT2D eigenvalue weighted by Gasteiger charge is -2.17. The maximum absolute atomic E-state index is 10.9. The minimum atomic E-state index is -1.57. The van der Waals surface area contributed by atoms with E-state index in [0.717, 1.165) is 7.11 Å². The Morgan fingerprint density at radius 3 is 2.67 bits per heavy atom. The van der Waals surface area contributed by atoms with Crippen LogP contribution in [0.3, 0.4) is 0 Å². The maximum atomic E-state index is 10.9. The minimum Gasteiger partial charge on any atom is -0.478 e. The van der Waals surface area contributed by atoms with Crippen LogP contribution in [0.2, 0.25) is 0 Å². The number of methoxy groups -OCH3 is 1. The molecule has 0 bridgehead atoms. The number of carboxylic acids is 1. The van der Waals surface area contributed by atoms with E-state index in [-0.39, 0.29) is 11.3 Å². The predicted octanol–water partition coefficient (Wildman–Crippen LogP) is -0.263. The molecule has 0 aliphatic heterocycles. The van der Waals surface area contributed by atoms with Gasteiger partial charge in [0.25, 0.3) is 0 Å². The van der Waals surface area contributed by atoms with Gasteiger partial charge in [0.05, 0.1) is 30.9 Å². The van der Waals surface area contributed by atoms with Crippen LogP contribution in [0.5, 0.6) is 0 Å². The molecule has 0 aromatic carbocycles. The molecule has 2 unspecified atom stereocenters. The van der Waals surface area contributed by atoms with Crippen molar-refractivity contribution in [1.82, 2.24) is 4.98 Å².